The van der Waals surface area contributed by atoms with Crippen molar-refractivity contribution in [1.82, 2.24) is 15.3 Å². The summed E-state index contributed by atoms with van der Waals surface area (Å²) in [5, 5.41) is 3.46. The third-order valence-electron chi connectivity index (χ3n) is 2.94. The third-order valence-corrected chi connectivity index (χ3v) is 2.94. The molecule has 1 aromatic heterocycles. The van der Waals surface area contributed by atoms with Gasteiger partial charge in [0.05, 0.1) is 19.8 Å². The van der Waals surface area contributed by atoms with Gasteiger partial charge in [0.25, 0.3) is 0 Å². The van der Waals surface area contributed by atoms with Crippen molar-refractivity contribution in [3.8, 4) is 11.8 Å². The average molecular weight is 223 g/mol. The topological polar surface area (TPSA) is 56.3 Å². The number of methoxy groups -OCH3 is 2. The van der Waals surface area contributed by atoms with Crippen LogP contribution in [0.1, 0.15) is 25.3 Å². The van der Waals surface area contributed by atoms with Crippen LogP contribution in [0.5, 0.6) is 11.8 Å². The number of hydrogen-bond donors (Lipinski definition) is 1. The van der Waals surface area contributed by atoms with Gasteiger partial charge in [-0.1, -0.05) is 0 Å². The Morgan fingerprint density at radius 3 is 2.25 bits per heavy atom. The van der Waals surface area contributed by atoms with Crippen molar-refractivity contribution in [2.75, 3.05) is 14.2 Å². The third kappa shape index (κ3) is 2.24. The van der Waals surface area contributed by atoms with Crippen LogP contribution in [-0.2, 0) is 6.54 Å². The van der Waals surface area contributed by atoms with Crippen LogP contribution >= 0.6 is 0 Å². The van der Waals surface area contributed by atoms with E-state index in [0.717, 1.165) is 5.56 Å². The second-order valence-corrected chi connectivity index (χ2v) is 4.28. The quantitative estimate of drug-likeness (QED) is 0.811. The lowest BCUT2D eigenvalue weighted by molar-refractivity contribution is 0.356. The van der Waals surface area contributed by atoms with Crippen molar-refractivity contribution >= 4 is 0 Å². The summed E-state index contributed by atoms with van der Waals surface area (Å²) in [7, 11) is 3.20. The number of hydrogen-bond acceptors (Lipinski definition) is 5. The molecule has 0 atom stereocenters. The van der Waals surface area contributed by atoms with Crippen LogP contribution in [0, 0.1) is 0 Å². The maximum Gasteiger partial charge on any atom is 0.224 e. The molecule has 0 bridgehead atoms. The van der Waals surface area contributed by atoms with Gasteiger partial charge in [-0.3, -0.25) is 0 Å². The van der Waals surface area contributed by atoms with Crippen molar-refractivity contribution in [3.05, 3.63) is 11.9 Å². The molecule has 1 fully saturated rings. The molecule has 1 aromatic rings. The normalized spacial score (nSPS) is 16.9. The molecule has 5 heteroatoms. The summed E-state index contributed by atoms with van der Waals surface area (Å²) >= 11 is 0. The highest BCUT2D eigenvalue weighted by atomic mass is 16.5. The van der Waals surface area contributed by atoms with Gasteiger partial charge in [-0.25, -0.2) is 9.97 Å². The zero-order chi connectivity index (χ0) is 11.6. The van der Waals surface area contributed by atoms with E-state index in [4.69, 9.17) is 9.47 Å². The maximum absolute atomic E-state index is 5.20. The van der Waals surface area contributed by atoms with Crippen molar-refractivity contribution in [1.29, 1.82) is 0 Å². The minimum atomic E-state index is 0.270. The summed E-state index contributed by atoms with van der Waals surface area (Å²) in [4.78, 5) is 8.15. The summed E-state index contributed by atoms with van der Waals surface area (Å²) in [6.07, 6.45) is 3.87. The molecule has 1 N–H and O–H groups in total. The van der Waals surface area contributed by atoms with Gasteiger partial charge in [-0.05, 0) is 19.8 Å². The number of aromatic nitrogens is 2. The molecule has 0 aliphatic heterocycles. The molecule has 1 saturated carbocycles. The molecule has 0 radical (unpaired) electrons. The molecular formula is C11H17N3O2. The molecule has 1 heterocycles. The zero-order valence-electron chi connectivity index (χ0n) is 9.91. The largest absolute Gasteiger partial charge is 0.481 e. The van der Waals surface area contributed by atoms with Crippen LogP contribution in [-0.4, -0.2) is 29.7 Å². The highest BCUT2D eigenvalue weighted by Crippen LogP contribution is 2.35. The summed E-state index contributed by atoms with van der Waals surface area (Å²) in [6.45, 7) is 2.87. The predicted molar refractivity (Wildman–Crippen MR) is 59.6 cm³/mol. The minimum Gasteiger partial charge on any atom is -0.481 e. The standard InChI is InChI=1S/C11H17N3O2/c1-11(4-5-11)14-6-8-9(15-2)12-7-13-10(8)16-3/h7,14H,4-6H2,1-3H3. The Bertz CT molecular complexity index is 355. The molecule has 1 aliphatic carbocycles. The Morgan fingerprint density at radius 2 is 1.81 bits per heavy atom. The molecule has 5 nitrogen and oxygen atoms in total. The molecule has 0 unspecified atom stereocenters. The molecule has 0 saturated heterocycles. The number of nitrogens with zero attached hydrogens (tertiary/aromatic N) is 2. The van der Waals surface area contributed by atoms with E-state index in [9.17, 15) is 0 Å². The number of nitrogens with one attached hydrogen (secondary N) is 1. The molecule has 88 valence electrons. The van der Waals surface area contributed by atoms with Crippen molar-refractivity contribution < 1.29 is 9.47 Å². The van der Waals surface area contributed by atoms with Crippen LogP contribution in [0.3, 0.4) is 0 Å². The second-order valence-electron chi connectivity index (χ2n) is 4.28. The lowest BCUT2D eigenvalue weighted by Crippen LogP contribution is -2.27. The number of ether oxygens (including phenoxy) is 2. The van der Waals surface area contributed by atoms with Gasteiger partial charge in [0.2, 0.25) is 11.8 Å². The summed E-state index contributed by atoms with van der Waals surface area (Å²) in [5.41, 5.74) is 1.15. The first-order valence-electron chi connectivity index (χ1n) is 5.35. The molecule has 1 aliphatic rings. The van der Waals surface area contributed by atoms with E-state index in [1.54, 1.807) is 14.2 Å². The highest BCUT2D eigenvalue weighted by molar-refractivity contribution is 5.34. The van der Waals surface area contributed by atoms with E-state index >= 15 is 0 Å². The molecule has 2 rings (SSSR count). The van der Waals surface area contributed by atoms with Gasteiger partial charge in [0.15, 0.2) is 0 Å². The van der Waals surface area contributed by atoms with Crippen molar-refractivity contribution in [2.45, 2.75) is 31.8 Å². The SMILES string of the molecule is COc1ncnc(OC)c1CNC1(C)CC1. The monoisotopic (exact) mass is 223 g/mol. The summed E-state index contributed by atoms with van der Waals surface area (Å²) in [6, 6.07) is 0. The smallest absolute Gasteiger partial charge is 0.224 e. The number of rotatable bonds is 5. The van der Waals surface area contributed by atoms with Crippen LogP contribution in [0.15, 0.2) is 6.33 Å². The Balaban J connectivity index is 2.15. The molecule has 0 aromatic carbocycles. The second kappa shape index (κ2) is 4.25. The lowest BCUT2D eigenvalue weighted by Gasteiger charge is -2.14. The lowest BCUT2D eigenvalue weighted by atomic mass is 10.2. The van der Waals surface area contributed by atoms with Gasteiger partial charge in [-0.2, -0.15) is 0 Å². The zero-order valence-corrected chi connectivity index (χ0v) is 9.91. The van der Waals surface area contributed by atoms with Gasteiger partial charge in [0.1, 0.15) is 6.33 Å². The Morgan fingerprint density at radius 1 is 1.25 bits per heavy atom. The van der Waals surface area contributed by atoms with Crippen LogP contribution in [0.25, 0.3) is 0 Å². The van der Waals surface area contributed by atoms with Crippen molar-refractivity contribution in [2.24, 2.45) is 0 Å². The first-order chi connectivity index (χ1) is 7.68. The van der Waals surface area contributed by atoms with Gasteiger partial charge in [0, 0.05) is 12.1 Å². The molecule has 16 heavy (non-hydrogen) atoms. The van der Waals surface area contributed by atoms with E-state index in [1.165, 1.54) is 19.2 Å². The fraction of sp³-hybridized carbons (Fsp3) is 0.636. The van der Waals surface area contributed by atoms with Crippen LogP contribution in [0.4, 0.5) is 0 Å². The van der Waals surface area contributed by atoms with E-state index in [-0.39, 0.29) is 5.54 Å². The average Bonchev–Trinajstić information content (AvgIpc) is 3.04. The predicted octanol–water partition coefficient (Wildman–Crippen LogP) is 1.14. The van der Waals surface area contributed by atoms with Crippen molar-refractivity contribution in [3.63, 3.8) is 0 Å². The maximum atomic E-state index is 5.20. The van der Waals surface area contributed by atoms with E-state index in [0.29, 0.717) is 18.3 Å². The molecular weight excluding hydrogens is 206 g/mol. The first-order valence-corrected chi connectivity index (χ1v) is 5.35. The first kappa shape index (κ1) is 11.1. The Hall–Kier alpha value is -1.36. The van der Waals surface area contributed by atoms with Crippen LogP contribution < -0.4 is 14.8 Å². The molecule has 0 amide bonds. The highest BCUT2D eigenvalue weighted by Gasteiger charge is 2.36. The summed E-state index contributed by atoms with van der Waals surface area (Å²) in [5.74, 6) is 1.15. The minimum absolute atomic E-state index is 0.270. The fourth-order valence-corrected chi connectivity index (χ4v) is 1.55. The molecule has 0 spiro atoms. The van der Waals surface area contributed by atoms with E-state index in [1.807, 2.05) is 0 Å². The van der Waals surface area contributed by atoms with Crippen LogP contribution in [0.2, 0.25) is 0 Å². The van der Waals surface area contributed by atoms with E-state index < -0.39 is 0 Å². The van der Waals surface area contributed by atoms with Gasteiger partial charge in [-0.15, -0.1) is 0 Å². The van der Waals surface area contributed by atoms with Gasteiger partial charge < -0.3 is 14.8 Å². The Kier molecular flexibility index (Phi) is 2.96. The van der Waals surface area contributed by atoms with Gasteiger partial charge >= 0.3 is 0 Å². The van der Waals surface area contributed by atoms with E-state index in [2.05, 4.69) is 22.2 Å². The Labute approximate surface area is 95.2 Å². The summed E-state index contributed by atoms with van der Waals surface area (Å²) < 4.78 is 10.4. The fourth-order valence-electron chi connectivity index (χ4n) is 1.55.